The van der Waals surface area contributed by atoms with Crippen LogP contribution in [-0.4, -0.2) is 52.7 Å². The Kier molecular flexibility index (Phi) is 4.19. The molecule has 17 heavy (non-hydrogen) atoms. The van der Waals surface area contributed by atoms with Crippen molar-refractivity contribution in [3.63, 3.8) is 0 Å². The van der Waals surface area contributed by atoms with E-state index in [1.54, 1.807) is 20.9 Å². The van der Waals surface area contributed by atoms with Crippen LogP contribution in [0.4, 0.5) is 0 Å². The number of carbonyl (C=O) groups is 2. The van der Waals surface area contributed by atoms with Gasteiger partial charge in [0.25, 0.3) is 5.91 Å². The number of aromatic amines is 1. The van der Waals surface area contributed by atoms with Gasteiger partial charge in [-0.25, -0.2) is 4.98 Å². The Balaban J connectivity index is 2.62. The first-order chi connectivity index (χ1) is 7.95. The third-order valence-electron chi connectivity index (χ3n) is 2.29. The zero-order valence-electron chi connectivity index (χ0n) is 10.4. The molecule has 1 rings (SSSR count). The molecule has 0 spiro atoms. The molecule has 7 nitrogen and oxygen atoms in total. The number of rotatable bonds is 4. The van der Waals surface area contributed by atoms with Crippen molar-refractivity contribution in [1.29, 1.82) is 0 Å². The quantitative estimate of drug-likeness (QED) is 0.748. The van der Waals surface area contributed by atoms with Crippen molar-refractivity contribution in [3.05, 3.63) is 11.6 Å². The average molecular weight is 240 g/mol. The Morgan fingerprint density at radius 3 is 2.65 bits per heavy atom. The van der Waals surface area contributed by atoms with Crippen LogP contribution in [-0.2, 0) is 9.53 Å². The fraction of sp³-hybridized carbons (Fsp3) is 0.600. The number of aryl methyl sites for hydroxylation is 1. The summed E-state index contributed by atoms with van der Waals surface area (Å²) in [7, 11) is 2.91. The number of aromatic nitrogens is 3. The Morgan fingerprint density at radius 1 is 1.53 bits per heavy atom. The van der Waals surface area contributed by atoms with E-state index >= 15 is 0 Å². The van der Waals surface area contributed by atoms with Gasteiger partial charge in [0, 0.05) is 13.6 Å². The molecular weight excluding hydrogens is 224 g/mol. The molecule has 7 heteroatoms. The summed E-state index contributed by atoms with van der Waals surface area (Å²) in [4.78, 5) is 28.4. The highest BCUT2D eigenvalue weighted by molar-refractivity contribution is 5.90. The molecule has 0 aliphatic carbocycles. The Bertz CT molecular complexity index is 415. The third-order valence-corrected chi connectivity index (χ3v) is 2.29. The summed E-state index contributed by atoms with van der Waals surface area (Å²) < 4.78 is 4.59. The molecule has 0 fully saturated rings. The van der Waals surface area contributed by atoms with Crippen LogP contribution in [0.15, 0.2) is 0 Å². The summed E-state index contributed by atoms with van der Waals surface area (Å²) in [6.45, 7) is 3.67. The monoisotopic (exact) mass is 240 g/mol. The molecule has 94 valence electrons. The smallest absolute Gasteiger partial charge is 0.310 e. The summed E-state index contributed by atoms with van der Waals surface area (Å²) in [6.07, 6.45) is 0. The molecule has 1 N–H and O–H groups in total. The highest BCUT2D eigenvalue weighted by Crippen LogP contribution is 2.04. The van der Waals surface area contributed by atoms with Gasteiger partial charge in [0.2, 0.25) is 5.82 Å². The Hall–Kier alpha value is -1.92. The second-order valence-electron chi connectivity index (χ2n) is 3.85. The fourth-order valence-corrected chi connectivity index (χ4v) is 1.38. The van der Waals surface area contributed by atoms with Crippen molar-refractivity contribution < 1.29 is 14.3 Å². The van der Waals surface area contributed by atoms with Crippen LogP contribution in [0.1, 0.15) is 23.4 Å². The topological polar surface area (TPSA) is 88.2 Å². The summed E-state index contributed by atoms with van der Waals surface area (Å²) in [5.41, 5.74) is 0. The maximum Gasteiger partial charge on any atom is 0.310 e. The van der Waals surface area contributed by atoms with Crippen molar-refractivity contribution in [2.45, 2.75) is 13.8 Å². The largest absolute Gasteiger partial charge is 0.469 e. The molecule has 0 aromatic carbocycles. The summed E-state index contributed by atoms with van der Waals surface area (Å²) in [5.74, 6) is -0.389. The van der Waals surface area contributed by atoms with E-state index in [0.717, 1.165) is 0 Å². The number of esters is 1. The first kappa shape index (κ1) is 13.1. The van der Waals surface area contributed by atoms with Crippen molar-refractivity contribution in [1.82, 2.24) is 20.1 Å². The van der Waals surface area contributed by atoms with Crippen LogP contribution in [0, 0.1) is 12.8 Å². The molecule has 1 aromatic heterocycles. The summed E-state index contributed by atoms with van der Waals surface area (Å²) in [6, 6.07) is 0. The van der Waals surface area contributed by atoms with E-state index in [4.69, 9.17) is 0 Å². The lowest BCUT2D eigenvalue weighted by Crippen LogP contribution is -2.34. The number of methoxy groups -OCH3 is 1. The first-order valence-electron chi connectivity index (χ1n) is 5.18. The maximum absolute atomic E-state index is 11.8. The van der Waals surface area contributed by atoms with E-state index in [-0.39, 0.29) is 30.2 Å². The van der Waals surface area contributed by atoms with Crippen molar-refractivity contribution >= 4 is 11.9 Å². The van der Waals surface area contributed by atoms with Gasteiger partial charge in [-0.1, -0.05) is 6.92 Å². The predicted molar refractivity (Wildman–Crippen MR) is 59.3 cm³/mol. The molecular formula is C10H16N4O3. The highest BCUT2D eigenvalue weighted by Gasteiger charge is 2.21. The van der Waals surface area contributed by atoms with E-state index < -0.39 is 0 Å². The van der Waals surface area contributed by atoms with Gasteiger partial charge in [0.1, 0.15) is 5.82 Å². The summed E-state index contributed by atoms with van der Waals surface area (Å²) >= 11 is 0. The molecule has 0 saturated carbocycles. The molecule has 0 aliphatic rings. The number of H-pyrrole nitrogens is 1. The first-order valence-corrected chi connectivity index (χ1v) is 5.18. The number of amides is 1. The molecule has 1 amide bonds. The van der Waals surface area contributed by atoms with E-state index in [1.165, 1.54) is 12.0 Å². The maximum atomic E-state index is 11.8. The van der Waals surface area contributed by atoms with E-state index in [0.29, 0.717) is 5.82 Å². The minimum atomic E-state index is -0.381. The standard InChI is InChI=1S/C10H16N4O3/c1-6(10(16)17-4)5-14(3)9(15)8-11-7(2)12-13-8/h6H,5H2,1-4H3,(H,11,12,13). The van der Waals surface area contributed by atoms with E-state index in [1.807, 2.05) is 0 Å². The second-order valence-corrected chi connectivity index (χ2v) is 3.85. The number of hydrogen-bond donors (Lipinski definition) is 1. The molecule has 0 aliphatic heterocycles. The highest BCUT2D eigenvalue weighted by atomic mass is 16.5. The van der Waals surface area contributed by atoms with Crippen LogP contribution in [0.2, 0.25) is 0 Å². The summed E-state index contributed by atoms with van der Waals surface area (Å²) in [5, 5.41) is 6.36. The lowest BCUT2D eigenvalue weighted by atomic mass is 10.2. The number of nitrogens with one attached hydrogen (secondary N) is 1. The van der Waals surface area contributed by atoms with Gasteiger partial charge in [-0.15, -0.1) is 5.10 Å². The van der Waals surface area contributed by atoms with Crippen molar-refractivity contribution in [3.8, 4) is 0 Å². The number of hydrogen-bond acceptors (Lipinski definition) is 5. The number of nitrogens with zero attached hydrogens (tertiary/aromatic N) is 3. The van der Waals surface area contributed by atoms with Gasteiger partial charge in [0.15, 0.2) is 0 Å². The SMILES string of the molecule is COC(=O)C(C)CN(C)C(=O)c1n[nH]c(C)n1. The van der Waals surface area contributed by atoms with Gasteiger partial charge < -0.3 is 9.64 Å². The molecule has 1 heterocycles. The van der Waals surface area contributed by atoms with Crippen LogP contribution < -0.4 is 0 Å². The molecule has 0 saturated heterocycles. The molecule has 1 atom stereocenters. The Labute approximate surface area is 99.2 Å². The van der Waals surface area contributed by atoms with Crippen LogP contribution in [0.25, 0.3) is 0 Å². The normalized spacial score (nSPS) is 12.0. The molecule has 0 bridgehead atoms. The average Bonchev–Trinajstić information content (AvgIpc) is 2.73. The van der Waals surface area contributed by atoms with E-state index in [2.05, 4.69) is 19.9 Å². The van der Waals surface area contributed by atoms with Gasteiger partial charge >= 0.3 is 5.97 Å². The zero-order valence-corrected chi connectivity index (χ0v) is 10.4. The Morgan fingerprint density at radius 2 is 2.18 bits per heavy atom. The van der Waals surface area contributed by atoms with Crippen molar-refractivity contribution in [2.75, 3.05) is 20.7 Å². The van der Waals surface area contributed by atoms with Gasteiger partial charge in [0.05, 0.1) is 13.0 Å². The minimum absolute atomic E-state index is 0.0991. The van der Waals surface area contributed by atoms with Gasteiger partial charge in [-0.3, -0.25) is 14.7 Å². The van der Waals surface area contributed by atoms with Gasteiger partial charge in [-0.2, -0.15) is 0 Å². The molecule has 1 unspecified atom stereocenters. The number of carbonyl (C=O) groups excluding carboxylic acids is 2. The van der Waals surface area contributed by atoms with Crippen LogP contribution in [0.3, 0.4) is 0 Å². The third kappa shape index (κ3) is 3.27. The van der Waals surface area contributed by atoms with Crippen LogP contribution in [0.5, 0.6) is 0 Å². The van der Waals surface area contributed by atoms with Gasteiger partial charge in [-0.05, 0) is 6.92 Å². The molecule has 1 aromatic rings. The second kappa shape index (κ2) is 5.42. The minimum Gasteiger partial charge on any atom is -0.469 e. The number of ether oxygens (including phenoxy) is 1. The lowest BCUT2D eigenvalue weighted by Gasteiger charge is -2.18. The lowest BCUT2D eigenvalue weighted by molar-refractivity contribution is -0.145. The zero-order chi connectivity index (χ0) is 13.0. The van der Waals surface area contributed by atoms with E-state index in [9.17, 15) is 9.59 Å². The molecule has 0 radical (unpaired) electrons. The fourth-order valence-electron chi connectivity index (χ4n) is 1.38. The predicted octanol–water partition coefficient (Wildman–Crippen LogP) is -0.00578. The van der Waals surface area contributed by atoms with Crippen LogP contribution >= 0.6 is 0 Å². The van der Waals surface area contributed by atoms with Crippen molar-refractivity contribution in [2.24, 2.45) is 5.92 Å².